The van der Waals surface area contributed by atoms with Gasteiger partial charge in [0.05, 0.1) is 27.4 Å². The Balaban J connectivity index is 1.78. The number of nitrogens with zero attached hydrogens (tertiary/aromatic N) is 2. The van der Waals surface area contributed by atoms with Crippen molar-refractivity contribution >= 4 is 48.9 Å². The van der Waals surface area contributed by atoms with E-state index in [0.717, 1.165) is 38.0 Å². The van der Waals surface area contributed by atoms with Crippen molar-refractivity contribution in [3.05, 3.63) is 53.1 Å². The van der Waals surface area contributed by atoms with Crippen molar-refractivity contribution < 1.29 is 34.8 Å². The van der Waals surface area contributed by atoms with Crippen molar-refractivity contribution in [2.24, 2.45) is 0 Å². The summed E-state index contributed by atoms with van der Waals surface area (Å²) in [6.07, 6.45) is -0.528. The lowest BCUT2D eigenvalue weighted by Gasteiger charge is -2.24. The molecule has 3 rings (SSSR count). The number of alkyl halides is 3. The van der Waals surface area contributed by atoms with Crippen molar-refractivity contribution in [3.8, 4) is 0 Å². The summed E-state index contributed by atoms with van der Waals surface area (Å²) in [5, 5.41) is 2.14. The van der Waals surface area contributed by atoms with E-state index in [1.807, 2.05) is 0 Å². The summed E-state index contributed by atoms with van der Waals surface area (Å²) in [6, 6.07) is 7.52. The lowest BCUT2D eigenvalue weighted by Crippen LogP contribution is -2.37. The first-order valence-electron chi connectivity index (χ1n) is 10.9. The Morgan fingerprint density at radius 2 is 1.58 bits per heavy atom. The molecule has 1 aliphatic heterocycles. The zero-order valence-electron chi connectivity index (χ0n) is 19.3. The lowest BCUT2D eigenvalue weighted by molar-refractivity contribution is -0.137. The molecule has 2 aromatic rings. The molecule has 8 nitrogen and oxygen atoms in total. The maximum atomic E-state index is 13.1. The van der Waals surface area contributed by atoms with Crippen LogP contribution in [0.2, 0.25) is 5.02 Å². The van der Waals surface area contributed by atoms with E-state index >= 15 is 0 Å². The van der Waals surface area contributed by atoms with Gasteiger partial charge in [-0.05, 0) is 55.3 Å². The maximum Gasteiger partial charge on any atom is 0.416 e. The number of halogens is 4. The van der Waals surface area contributed by atoms with Crippen molar-refractivity contribution in [3.63, 3.8) is 0 Å². The van der Waals surface area contributed by atoms with Crippen LogP contribution in [0.25, 0.3) is 0 Å². The first kappa shape index (κ1) is 28.2. The molecule has 0 saturated carbocycles. The van der Waals surface area contributed by atoms with E-state index in [0.29, 0.717) is 29.5 Å². The summed E-state index contributed by atoms with van der Waals surface area (Å²) in [4.78, 5) is 12.6. The Labute approximate surface area is 213 Å². The second-order valence-electron chi connectivity index (χ2n) is 8.32. The maximum absolute atomic E-state index is 13.1. The Morgan fingerprint density at radius 1 is 1.00 bits per heavy atom. The van der Waals surface area contributed by atoms with Gasteiger partial charge in [0.25, 0.3) is 0 Å². The molecule has 0 bridgehead atoms. The average molecular weight is 568 g/mol. The average Bonchev–Trinajstić information content (AvgIpc) is 3.07. The van der Waals surface area contributed by atoms with Crippen LogP contribution in [0.5, 0.6) is 0 Å². The van der Waals surface area contributed by atoms with Gasteiger partial charge in [-0.3, -0.25) is 9.10 Å². The fourth-order valence-electron chi connectivity index (χ4n) is 3.73. The van der Waals surface area contributed by atoms with Gasteiger partial charge in [-0.25, -0.2) is 16.8 Å². The van der Waals surface area contributed by atoms with Gasteiger partial charge < -0.3 is 5.32 Å². The van der Waals surface area contributed by atoms with Gasteiger partial charge in [0.1, 0.15) is 6.54 Å². The molecule has 36 heavy (non-hydrogen) atoms. The predicted octanol–water partition coefficient (Wildman–Crippen LogP) is 4.33. The highest BCUT2D eigenvalue weighted by molar-refractivity contribution is 7.92. The number of nitrogens with one attached hydrogen (secondary N) is 1. The van der Waals surface area contributed by atoms with Crippen LogP contribution in [0.3, 0.4) is 0 Å². The third-order valence-corrected chi connectivity index (χ3v) is 8.93. The van der Waals surface area contributed by atoms with Crippen LogP contribution in [0, 0.1) is 0 Å². The summed E-state index contributed by atoms with van der Waals surface area (Å²) in [5.41, 5.74) is -1.45. The smallest absolute Gasteiger partial charge is 0.325 e. The van der Waals surface area contributed by atoms with Gasteiger partial charge in [0, 0.05) is 18.8 Å². The van der Waals surface area contributed by atoms with Gasteiger partial charge in [0.2, 0.25) is 26.0 Å². The topological polar surface area (TPSA) is 104 Å². The molecule has 1 fully saturated rings. The van der Waals surface area contributed by atoms with Crippen molar-refractivity contribution in [2.75, 3.05) is 35.5 Å². The van der Waals surface area contributed by atoms with Gasteiger partial charge in [0.15, 0.2) is 0 Å². The van der Waals surface area contributed by atoms with Gasteiger partial charge in [-0.1, -0.05) is 24.4 Å². The molecular formula is C22H25ClF3N3O5S2. The second kappa shape index (κ2) is 11.0. The molecule has 198 valence electrons. The highest BCUT2D eigenvalue weighted by Gasteiger charge is 2.33. The Bertz CT molecular complexity index is 1310. The van der Waals surface area contributed by atoms with Gasteiger partial charge >= 0.3 is 6.18 Å². The van der Waals surface area contributed by atoms with E-state index < -0.39 is 49.9 Å². The van der Waals surface area contributed by atoms with Crippen LogP contribution in [0.15, 0.2) is 47.4 Å². The minimum atomic E-state index is -4.75. The Morgan fingerprint density at radius 3 is 2.11 bits per heavy atom. The van der Waals surface area contributed by atoms with Gasteiger partial charge in [-0.15, -0.1) is 0 Å². The highest BCUT2D eigenvalue weighted by atomic mass is 35.5. The predicted molar refractivity (Wildman–Crippen MR) is 131 cm³/mol. The molecule has 0 aromatic heterocycles. The van der Waals surface area contributed by atoms with Crippen LogP contribution in [0.1, 0.15) is 31.2 Å². The van der Waals surface area contributed by atoms with E-state index in [9.17, 15) is 34.8 Å². The number of hydrogen-bond donors (Lipinski definition) is 1. The number of benzene rings is 2. The molecule has 1 amide bonds. The quantitative estimate of drug-likeness (QED) is 0.536. The summed E-state index contributed by atoms with van der Waals surface area (Å²) < 4.78 is 91.7. The molecule has 0 unspecified atom stereocenters. The van der Waals surface area contributed by atoms with Crippen LogP contribution in [-0.4, -0.2) is 52.9 Å². The normalized spacial score (nSPS) is 15.8. The number of carbonyl (C=O) groups excluding carboxylic acids is 1. The molecule has 0 radical (unpaired) electrons. The molecule has 0 atom stereocenters. The number of hydrogen-bond acceptors (Lipinski definition) is 5. The van der Waals surface area contributed by atoms with E-state index in [1.165, 1.54) is 28.6 Å². The number of amides is 1. The number of anilines is 2. The fourth-order valence-corrected chi connectivity index (χ4v) is 6.38. The van der Waals surface area contributed by atoms with E-state index in [-0.39, 0.29) is 15.6 Å². The summed E-state index contributed by atoms with van der Waals surface area (Å²) in [7, 11) is -7.90. The lowest BCUT2D eigenvalue weighted by atomic mass is 10.2. The van der Waals surface area contributed by atoms with Gasteiger partial charge in [-0.2, -0.15) is 17.5 Å². The SMILES string of the molecule is CS(=O)(=O)N(CC(=O)Nc1ccc(S(=O)(=O)N2CCCCCC2)cc1)c1cc(C(F)(F)F)ccc1Cl. The molecular weight excluding hydrogens is 543 g/mol. The van der Waals surface area contributed by atoms with E-state index in [1.54, 1.807) is 0 Å². The summed E-state index contributed by atoms with van der Waals surface area (Å²) in [5.74, 6) is -0.864. The first-order chi connectivity index (χ1) is 16.7. The Kier molecular flexibility index (Phi) is 8.59. The summed E-state index contributed by atoms with van der Waals surface area (Å²) >= 11 is 5.96. The highest BCUT2D eigenvalue weighted by Crippen LogP contribution is 2.36. The molecule has 2 aromatic carbocycles. The van der Waals surface area contributed by atoms with Crippen molar-refractivity contribution in [2.45, 2.75) is 36.8 Å². The molecule has 1 N–H and O–H groups in total. The second-order valence-corrected chi connectivity index (χ2v) is 12.6. The third-order valence-electron chi connectivity index (χ3n) is 5.57. The third kappa shape index (κ3) is 6.90. The molecule has 0 aliphatic carbocycles. The van der Waals surface area contributed by atoms with Crippen molar-refractivity contribution in [1.82, 2.24) is 4.31 Å². The first-order valence-corrected chi connectivity index (χ1v) is 14.6. The van der Waals surface area contributed by atoms with Crippen molar-refractivity contribution in [1.29, 1.82) is 0 Å². The zero-order valence-corrected chi connectivity index (χ0v) is 21.6. The van der Waals surface area contributed by atoms with Crippen LogP contribution < -0.4 is 9.62 Å². The summed E-state index contributed by atoms with van der Waals surface area (Å²) in [6.45, 7) is 0.00812. The zero-order chi connectivity index (χ0) is 26.7. The molecule has 14 heteroatoms. The Hall–Kier alpha value is -2.35. The minimum absolute atomic E-state index is 0.0518. The van der Waals surface area contributed by atoms with Crippen LogP contribution >= 0.6 is 11.6 Å². The fraction of sp³-hybridized carbons (Fsp3) is 0.409. The number of carbonyl (C=O) groups is 1. The monoisotopic (exact) mass is 567 g/mol. The van der Waals surface area contributed by atoms with Crippen LogP contribution in [-0.2, 0) is 31.0 Å². The molecule has 1 heterocycles. The molecule has 0 spiro atoms. The standard InChI is InChI=1S/C22H25ClF3N3O5S2/c1-35(31,32)29(20-14-16(22(24,25)26)6-11-19(20)23)15-21(30)27-17-7-9-18(10-8-17)36(33,34)28-12-4-2-3-5-13-28/h6-11,14H,2-5,12-13,15H2,1H3,(H,27,30). The minimum Gasteiger partial charge on any atom is -0.325 e. The van der Waals surface area contributed by atoms with Crippen LogP contribution in [0.4, 0.5) is 24.5 Å². The number of rotatable bonds is 7. The van der Waals surface area contributed by atoms with E-state index in [2.05, 4.69) is 5.32 Å². The molecule has 1 aliphatic rings. The van der Waals surface area contributed by atoms with E-state index in [4.69, 9.17) is 11.6 Å². The largest absolute Gasteiger partial charge is 0.416 e. The number of sulfonamides is 2. The molecule has 1 saturated heterocycles.